The molecule has 8 nitrogen and oxygen atoms in total. The van der Waals surface area contributed by atoms with Crippen molar-refractivity contribution in [3.05, 3.63) is 70.6 Å². The van der Waals surface area contributed by atoms with Gasteiger partial charge in [-0.25, -0.2) is 4.79 Å². The van der Waals surface area contributed by atoms with E-state index in [0.717, 1.165) is 11.6 Å². The average Bonchev–Trinajstić information content (AvgIpc) is 2.80. The lowest BCUT2D eigenvalue weighted by molar-refractivity contribution is -0.160. The largest absolute Gasteiger partial charge is 0.488 e. The average molecular weight is 503 g/mol. The Balaban J connectivity index is 1.44. The van der Waals surface area contributed by atoms with E-state index in [1.54, 1.807) is 50.4 Å². The summed E-state index contributed by atoms with van der Waals surface area (Å²) in [5.74, 6) is -0.133. The van der Waals surface area contributed by atoms with Gasteiger partial charge >= 0.3 is 12.2 Å². The first-order valence-electron chi connectivity index (χ1n) is 11.1. The minimum atomic E-state index is -4.68. The van der Waals surface area contributed by atoms with E-state index in [9.17, 15) is 22.8 Å². The highest BCUT2D eigenvalue weighted by Crippen LogP contribution is 2.40. The van der Waals surface area contributed by atoms with Gasteiger partial charge in [-0.1, -0.05) is 12.1 Å². The third-order valence-electron chi connectivity index (χ3n) is 5.36. The molecule has 0 radical (unpaired) electrons. The molecule has 0 bridgehead atoms. The summed E-state index contributed by atoms with van der Waals surface area (Å²) in [4.78, 5) is 26.8. The number of rotatable bonds is 7. The van der Waals surface area contributed by atoms with Gasteiger partial charge in [0.2, 0.25) is 0 Å². The van der Waals surface area contributed by atoms with Crippen LogP contribution in [0.1, 0.15) is 19.4 Å². The van der Waals surface area contributed by atoms with Crippen LogP contribution in [0.25, 0.3) is 11.1 Å². The molecule has 0 spiro atoms. The molecule has 2 aromatic carbocycles. The summed E-state index contributed by atoms with van der Waals surface area (Å²) in [7, 11) is 0. The van der Waals surface area contributed by atoms with Crippen LogP contribution in [0.4, 0.5) is 29.3 Å². The Morgan fingerprint density at radius 2 is 1.69 bits per heavy atom. The quantitative estimate of drug-likeness (QED) is 0.408. The van der Waals surface area contributed by atoms with Crippen molar-refractivity contribution in [3.8, 4) is 22.6 Å². The Kier molecular flexibility index (Phi) is 6.93. The first-order valence-corrected chi connectivity index (χ1v) is 11.1. The Labute approximate surface area is 204 Å². The minimum Gasteiger partial charge on any atom is -0.488 e. The number of hydrogen-bond donors (Lipinski definition) is 3. The number of aromatic amines is 1. The summed E-state index contributed by atoms with van der Waals surface area (Å²) in [6.07, 6.45) is -3.13. The van der Waals surface area contributed by atoms with E-state index < -0.39 is 23.4 Å². The predicted octanol–water partition coefficient (Wildman–Crippen LogP) is 5.27. The molecule has 11 heteroatoms. The van der Waals surface area contributed by atoms with E-state index in [1.807, 2.05) is 0 Å². The van der Waals surface area contributed by atoms with Gasteiger partial charge in [0, 0.05) is 23.1 Å². The predicted molar refractivity (Wildman–Crippen MR) is 128 cm³/mol. The molecule has 0 aliphatic carbocycles. The number of urea groups is 1. The number of aromatic nitrogens is 1. The molecule has 36 heavy (non-hydrogen) atoms. The van der Waals surface area contributed by atoms with Crippen molar-refractivity contribution >= 4 is 17.4 Å². The van der Waals surface area contributed by atoms with Gasteiger partial charge in [0.25, 0.3) is 5.56 Å². The van der Waals surface area contributed by atoms with Gasteiger partial charge in [-0.05, 0) is 55.8 Å². The zero-order valence-corrected chi connectivity index (χ0v) is 19.5. The summed E-state index contributed by atoms with van der Waals surface area (Å²) in [6, 6.07) is 10.9. The summed E-state index contributed by atoms with van der Waals surface area (Å²) < 4.78 is 56.7. The summed E-state index contributed by atoms with van der Waals surface area (Å²) in [5.41, 5.74) is -0.319. The fourth-order valence-corrected chi connectivity index (χ4v) is 3.56. The van der Waals surface area contributed by atoms with Gasteiger partial charge in [-0.2, -0.15) is 13.2 Å². The van der Waals surface area contributed by atoms with Crippen LogP contribution in [-0.2, 0) is 10.9 Å². The van der Waals surface area contributed by atoms with Gasteiger partial charge in [0.05, 0.1) is 25.4 Å². The Morgan fingerprint density at radius 3 is 2.31 bits per heavy atom. The lowest BCUT2D eigenvalue weighted by Gasteiger charge is -2.38. The molecule has 4 rings (SSSR count). The molecule has 1 aromatic heterocycles. The fourth-order valence-electron chi connectivity index (χ4n) is 3.56. The highest BCUT2D eigenvalue weighted by atomic mass is 19.4. The molecular formula is C25H24F3N3O5. The molecule has 1 aliphatic heterocycles. The van der Waals surface area contributed by atoms with Crippen molar-refractivity contribution in [2.75, 3.05) is 30.5 Å². The summed E-state index contributed by atoms with van der Waals surface area (Å²) in [5, 5.41) is 4.99. The Hall–Kier alpha value is -3.99. The second kappa shape index (κ2) is 9.94. The smallest absolute Gasteiger partial charge is 0.420 e. The lowest BCUT2D eigenvalue weighted by Crippen LogP contribution is -2.51. The summed E-state index contributed by atoms with van der Waals surface area (Å²) >= 11 is 0. The van der Waals surface area contributed by atoms with E-state index >= 15 is 0 Å². The normalized spacial score (nSPS) is 14.5. The first-order chi connectivity index (χ1) is 17.1. The monoisotopic (exact) mass is 503 g/mol. The number of hydrogen-bond acceptors (Lipinski definition) is 5. The van der Waals surface area contributed by atoms with Crippen molar-refractivity contribution < 1.29 is 32.2 Å². The van der Waals surface area contributed by atoms with Crippen LogP contribution in [0.2, 0.25) is 0 Å². The Bertz CT molecular complexity index is 1300. The number of halogens is 3. The number of alkyl halides is 3. The molecular weight excluding hydrogens is 479 g/mol. The molecule has 2 heterocycles. The van der Waals surface area contributed by atoms with Gasteiger partial charge < -0.3 is 29.8 Å². The molecule has 2 amide bonds. The van der Waals surface area contributed by atoms with E-state index in [4.69, 9.17) is 14.2 Å². The van der Waals surface area contributed by atoms with Gasteiger partial charge in [0.15, 0.2) is 11.4 Å². The SMILES string of the molecule is CCOc1cc(-c2ccc(NC(=O)Nc3ccc(OC4(C)COC4)c(C(F)(F)F)c3)cc2)c[nH]c1=O. The van der Waals surface area contributed by atoms with Crippen molar-refractivity contribution in [1.82, 2.24) is 4.98 Å². The van der Waals surface area contributed by atoms with Crippen molar-refractivity contribution in [1.29, 1.82) is 0 Å². The number of H-pyrrole nitrogens is 1. The highest BCUT2D eigenvalue weighted by molar-refractivity contribution is 6.00. The summed E-state index contributed by atoms with van der Waals surface area (Å²) in [6.45, 7) is 4.17. The van der Waals surface area contributed by atoms with Crippen molar-refractivity contribution in [2.24, 2.45) is 0 Å². The molecule has 0 unspecified atom stereocenters. The maximum Gasteiger partial charge on any atom is 0.420 e. The van der Waals surface area contributed by atoms with Crippen LogP contribution in [0.3, 0.4) is 0 Å². The van der Waals surface area contributed by atoms with E-state index in [2.05, 4.69) is 15.6 Å². The minimum absolute atomic E-state index is 0.0458. The molecule has 3 aromatic rings. The third-order valence-corrected chi connectivity index (χ3v) is 5.36. The topological polar surface area (TPSA) is 102 Å². The van der Waals surface area contributed by atoms with Crippen LogP contribution in [0, 0.1) is 0 Å². The van der Waals surface area contributed by atoms with E-state index in [0.29, 0.717) is 17.9 Å². The molecule has 190 valence electrons. The number of pyridine rings is 1. The first kappa shape index (κ1) is 25.1. The van der Waals surface area contributed by atoms with Crippen LogP contribution in [0.15, 0.2) is 59.5 Å². The molecule has 1 aliphatic rings. The third kappa shape index (κ3) is 5.80. The second-order valence-corrected chi connectivity index (χ2v) is 8.42. The number of anilines is 2. The number of amides is 2. The second-order valence-electron chi connectivity index (χ2n) is 8.42. The fraction of sp³-hybridized carbons (Fsp3) is 0.280. The highest BCUT2D eigenvalue weighted by Gasteiger charge is 2.40. The van der Waals surface area contributed by atoms with Crippen LogP contribution >= 0.6 is 0 Å². The van der Waals surface area contributed by atoms with Crippen LogP contribution in [-0.4, -0.2) is 36.4 Å². The zero-order chi connectivity index (χ0) is 25.9. The maximum atomic E-state index is 13.6. The van der Waals surface area contributed by atoms with Gasteiger partial charge in [-0.15, -0.1) is 0 Å². The number of benzene rings is 2. The molecule has 1 saturated heterocycles. The number of ether oxygens (including phenoxy) is 3. The maximum absolute atomic E-state index is 13.6. The molecule has 0 saturated carbocycles. The standard InChI is InChI=1S/C25H24F3N3O5/c1-3-35-21-10-16(12-29-22(21)32)15-4-6-17(7-5-15)30-23(33)31-18-8-9-20(19(11-18)25(26,27)28)36-24(2)13-34-14-24/h4-12H,3,13-14H2,1-2H3,(H,29,32)(H2,30,31,33). The lowest BCUT2D eigenvalue weighted by atomic mass is 10.0. The zero-order valence-electron chi connectivity index (χ0n) is 19.5. The molecule has 1 fully saturated rings. The molecule has 0 atom stereocenters. The number of carbonyl (C=O) groups excluding carboxylic acids is 1. The van der Waals surface area contributed by atoms with Crippen LogP contribution < -0.4 is 25.7 Å². The number of nitrogens with one attached hydrogen (secondary N) is 3. The Morgan fingerprint density at radius 1 is 1.03 bits per heavy atom. The van der Waals surface area contributed by atoms with Gasteiger partial charge in [-0.3, -0.25) is 4.79 Å². The van der Waals surface area contributed by atoms with Crippen molar-refractivity contribution in [3.63, 3.8) is 0 Å². The van der Waals surface area contributed by atoms with Gasteiger partial charge in [0.1, 0.15) is 5.75 Å². The van der Waals surface area contributed by atoms with Crippen molar-refractivity contribution in [2.45, 2.75) is 25.6 Å². The van der Waals surface area contributed by atoms with E-state index in [-0.39, 0.29) is 36.0 Å². The number of carbonyl (C=O) groups is 1. The van der Waals surface area contributed by atoms with E-state index in [1.165, 1.54) is 12.1 Å². The molecule has 3 N–H and O–H groups in total. The van der Waals surface area contributed by atoms with Crippen LogP contribution in [0.5, 0.6) is 11.5 Å².